The van der Waals surface area contributed by atoms with Crippen LogP contribution >= 0.6 is 11.6 Å². The van der Waals surface area contributed by atoms with Crippen molar-refractivity contribution < 1.29 is 9.84 Å². The molecule has 0 radical (unpaired) electrons. The maximum atomic E-state index is 8.54. The van der Waals surface area contributed by atoms with Gasteiger partial charge in [-0.1, -0.05) is 23.7 Å². The van der Waals surface area contributed by atoms with E-state index in [9.17, 15) is 0 Å². The minimum atomic E-state index is 0.0814. The zero-order valence-corrected chi connectivity index (χ0v) is 10.3. The van der Waals surface area contributed by atoms with Gasteiger partial charge in [-0.05, 0) is 24.7 Å². The third kappa shape index (κ3) is 5.47. The molecule has 0 saturated carbocycles. The fraction of sp³-hybridized carbons (Fsp3) is 0.500. The Hall–Kier alpha value is -0.610. The lowest BCUT2D eigenvalue weighted by Crippen LogP contribution is -2.23. The molecule has 0 saturated heterocycles. The predicted octanol–water partition coefficient (Wildman–Crippen LogP) is 1.78. The second-order valence-corrected chi connectivity index (χ2v) is 4.14. The quantitative estimate of drug-likeness (QED) is 0.741. The summed E-state index contributed by atoms with van der Waals surface area (Å²) >= 11 is 5.90. The zero-order chi connectivity index (χ0) is 11.8. The topological polar surface area (TPSA) is 32.7 Å². The minimum absolute atomic E-state index is 0.0814. The van der Waals surface area contributed by atoms with Crippen molar-refractivity contribution in [3.8, 4) is 0 Å². The Morgan fingerprint density at radius 2 is 2.19 bits per heavy atom. The smallest absolute Gasteiger partial charge is 0.0698 e. The molecule has 0 heterocycles. The number of aliphatic hydroxyl groups is 1. The van der Waals surface area contributed by atoms with Crippen molar-refractivity contribution in [3.05, 3.63) is 34.9 Å². The molecule has 0 bridgehead atoms. The fourth-order valence-corrected chi connectivity index (χ4v) is 1.63. The van der Waals surface area contributed by atoms with E-state index in [4.69, 9.17) is 21.4 Å². The van der Waals surface area contributed by atoms with Crippen LogP contribution in [-0.2, 0) is 11.3 Å². The summed E-state index contributed by atoms with van der Waals surface area (Å²) in [7, 11) is 2.03. The number of ether oxygens (including phenoxy) is 1. The Bertz CT molecular complexity index is 307. The molecule has 90 valence electrons. The van der Waals surface area contributed by atoms with Crippen molar-refractivity contribution in [2.24, 2.45) is 0 Å². The highest BCUT2D eigenvalue weighted by Crippen LogP contribution is 2.11. The average Bonchev–Trinajstić information content (AvgIpc) is 2.24. The van der Waals surface area contributed by atoms with Crippen LogP contribution in [0.15, 0.2) is 24.3 Å². The molecule has 0 aliphatic rings. The van der Waals surface area contributed by atoms with Gasteiger partial charge in [0, 0.05) is 18.1 Å². The molecule has 0 spiro atoms. The molecule has 4 heteroatoms. The lowest BCUT2D eigenvalue weighted by Gasteiger charge is -2.16. The summed E-state index contributed by atoms with van der Waals surface area (Å²) in [5.74, 6) is 0. The molecule has 1 aromatic carbocycles. The van der Waals surface area contributed by atoms with E-state index < -0.39 is 0 Å². The van der Waals surface area contributed by atoms with E-state index in [2.05, 4.69) is 11.0 Å². The molecule has 0 amide bonds. The van der Waals surface area contributed by atoms with Crippen LogP contribution in [0.1, 0.15) is 5.56 Å². The molecule has 1 rings (SSSR count). The first kappa shape index (κ1) is 13.5. The van der Waals surface area contributed by atoms with Crippen LogP contribution in [0.5, 0.6) is 0 Å². The Morgan fingerprint density at radius 1 is 1.38 bits per heavy atom. The van der Waals surface area contributed by atoms with Gasteiger partial charge >= 0.3 is 0 Å². The highest BCUT2D eigenvalue weighted by molar-refractivity contribution is 6.30. The van der Waals surface area contributed by atoms with Crippen molar-refractivity contribution in [1.29, 1.82) is 0 Å². The van der Waals surface area contributed by atoms with Crippen LogP contribution in [0.25, 0.3) is 0 Å². The number of hydrogen-bond acceptors (Lipinski definition) is 3. The highest BCUT2D eigenvalue weighted by Gasteiger charge is 2.00. The van der Waals surface area contributed by atoms with E-state index in [1.165, 1.54) is 5.56 Å². The molecule has 0 unspecified atom stereocenters. The Balaban J connectivity index is 2.25. The maximum Gasteiger partial charge on any atom is 0.0698 e. The first-order valence-electron chi connectivity index (χ1n) is 5.34. The van der Waals surface area contributed by atoms with E-state index in [0.29, 0.717) is 13.2 Å². The zero-order valence-electron chi connectivity index (χ0n) is 9.53. The van der Waals surface area contributed by atoms with Crippen molar-refractivity contribution >= 4 is 11.6 Å². The summed E-state index contributed by atoms with van der Waals surface area (Å²) in [6, 6.07) is 7.84. The van der Waals surface area contributed by atoms with Crippen LogP contribution in [0.4, 0.5) is 0 Å². The number of likely N-dealkylation sites (N-methyl/N-ethyl adjacent to an activating group) is 1. The summed E-state index contributed by atoms with van der Waals surface area (Å²) in [6.45, 7) is 2.82. The first-order valence-corrected chi connectivity index (χ1v) is 5.72. The van der Waals surface area contributed by atoms with Crippen molar-refractivity contribution in [3.63, 3.8) is 0 Å². The van der Waals surface area contributed by atoms with Gasteiger partial charge in [-0.3, -0.25) is 4.90 Å². The second kappa shape index (κ2) is 7.63. The van der Waals surface area contributed by atoms with Gasteiger partial charge in [-0.15, -0.1) is 0 Å². The van der Waals surface area contributed by atoms with Crippen LogP contribution < -0.4 is 0 Å². The Morgan fingerprint density at radius 3 is 2.88 bits per heavy atom. The monoisotopic (exact) mass is 243 g/mol. The maximum absolute atomic E-state index is 8.54. The summed E-state index contributed by atoms with van der Waals surface area (Å²) < 4.78 is 5.20. The number of aliphatic hydroxyl groups excluding tert-OH is 1. The van der Waals surface area contributed by atoms with Crippen LogP contribution in [0.3, 0.4) is 0 Å². The van der Waals surface area contributed by atoms with Gasteiger partial charge in [0.2, 0.25) is 0 Å². The van der Waals surface area contributed by atoms with E-state index in [1.54, 1.807) is 0 Å². The van der Waals surface area contributed by atoms with Gasteiger partial charge in [0.25, 0.3) is 0 Å². The standard InChI is InChI=1S/C12H18ClNO2/c1-14(5-7-16-8-6-15)10-11-3-2-4-12(13)9-11/h2-4,9,15H,5-8,10H2,1H3. The molecular formula is C12H18ClNO2. The normalized spacial score (nSPS) is 11.0. The molecule has 0 aliphatic carbocycles. The molecule has 3 nitrogen and oxygen atoms in total. The average molecular weight is 244 g/mol. The van der Waals surface area contributed by atoms with Crippen LogP contribution in [0.2, 0.25) is 5.02 Å². The van der Waals surface area contributed by atoms with Gasteiger partial charge in [0.1, 0.15) is 0 Å². The highest BCUT2D eigenvalue weighted by atomic mass is 35.5. The van der Waals surface area contributed by atoms with Gasteiger partial charge < -0.3 is 9.84 Å². The van der Waals surface area contributed by atoms with Crippen LogP contribution in [0, 0.1) is 0 Å². The van der Waals surface area contributed by atoms with E-state index in [-0.39, 0.29) is 6.61 Å². The molecule has 16 heavy (non-hydrogen) atoms. The van der Waals surface area contributed by atoms with Gasteiger partial charge in [-0.2, -0.15) is 0 Å². The second-order valence-electron chi connectivity index (χ2n) is 3.70. The van der Waals surface area contributed by atoms with Gasteiger partial charge in [0.15, 0.2) is 0 Å². The summed E-state index contributed by atoms with van der Waals surface area (Å²) in [5, 5.41) is 9.31. The van der Waals surface area contributed by atoms with Crippen LogP contribution in [-0.4, -0.2) is 43.4 Å². The third-order valence-corrected chi connectivity index (χ3v) is 2.43. The Kier molecular flexibility index (Phi) is 6.42. The molecule has 0 fully saturated rings. The number of hydrogen-bond donors (Lipinski definition) is 1. The number of halogens is 1. The number of nitrogens with zero attached hydrogens (tertiary/aromatic N) is 1. The minimum Gasteiger partial charge on any atom is -0.394 e. The molecule has 1 aromatic rings. The summed E-state index contributed by atoms with van der Waals surface area (Å²) in [5.41, 5.74) is 1.19. The molecular weight excluding hydrogens is 226 g/mol. The molecule has 0 aliphatic heterocycles. The predicted molar refractivity (Wildman–Crippen MR) is 65.7 cm³/mol. The van der Waals surface area contributed by atoms with Gasteiger partial charge in [0.05, 0.1) is 19.8 Å². The lowest BCUT2D eigenvalue weighted by molar-refractivity contribution is 0.0773. The summed E-state index contributed by atoms with van der Waals surface area (Å²) in [6.07, 6.45) is 0. The fourth-order valence-electron chi connectivity index (χ4n) is 1.41. The number of benzene rings is 1. The van der Waals surface area contributed by atoms with Crippen molar-refractivity contribution in [1.82, 2.24) is 4.90 Å². The SMILES string of the molecule is CN(CCOCCO)Cc1cccc(Cl)c1. The van der Waals surface area contributed by atoms with Crippen molar-refractivity contribution in [2.75, 3.05) is 33.4 Å². The third-order valence-electron chi connectivity index (χ3n) is 2.19. The number of rotatable bonds is 7. The van der Waals surface area contributed by atoms with Crippen molar-refractivity contribution in [2.45, 2.75) is 6.54 Å². The van der Waals surface area contributed by atoms with E-state index >= 15 is 0 Å². The van der Waals surface area contributed by atoms with E-state index in [1.807, 2.05) is 25.2 Å². The summed E-state index contributed by atoms with van der Waals surface area (Å²) in [4.78, 5) is 2.16. The molecule has 1 N–H and O–H groups in total. The lowest BCUT2D eigenvalue weighted by atomic mass is 10.2. The molecule has 0 atom stereocenters. The molecule has 0 aromatic heterocycles. The Labute approximate surface area is 102 Å². The van der Waals surface area contributed by atoms with E-state index in [0.717, 1.165) is 18.1 Å². The first-order chi connectivity index (χ1) is 7.72. The van der Waals surface area contributed by atoms with Gasteiger partial charge in [-0.25, -0.2) is 0 Å². The largest absolute Gasteiger partial charge is 0.394 e.